The summed E-state index contributed by atoms with van der Waals surface area (Å²) in [5.41, 5.74) is -1.18. The number of ether oxygens (including phenoxy) is 1. The van der Waals surface area contributed by atoms with Crippen LogP contribution >= 0.6 is 0 Å². The van der Waals surface area contributed by atoms with E-state index in [1.54, 1.807) is 0 Å². The Bertz CT molecular complexity index is 534. The second-order valence-electron chi connectivity index (χ2n) is 4.97. The van der Waals surface area contributed by atoms with Gasteiger partial charge in [0.1, 0.15) is 17.1 Å². The third-order valence-corrected chi connectivity index (χ3v) is 3.56. The molecule has 1 aromatic carbocycles. The molecule has 2 rings (SSSR count). The first-order valence-corrected chi connectivity index (χ1v) is 6.36. The molecule has 1 aliphatic rings. The minimum atomic E-state index is -1.18. The number of nitrogens with zero attached hydrogens (tertiary/aromatic N) is 1. The van der Waals surface area contributed by atoms with Gasteiger partial charge in [-0.05, 0) is 31.9 Å². The van der Waals surface area contributed by atoms with Crippen LogP contribution in [0.1, 0.15) is 19.8 Å². The highest BCUT2D eigenvalue weighted by molar-refractivity contribution is 5.88. The van der Waals surface area contributed by atoms with Crippen LogP contribution in [0.25, 0.3) is 0 Å². The summed E-state index contributed by atoms with van der Waals surface area (Å²) in [6, 6.07) is 5.47. The molecular formula is C14H16FNO4. The molecule has 1 aliphatic heterocycles. The van der Waals surface area contributed by atoms with Gasteiger partial charge in [0.15, 0.2) is 6.61 Å². The zero-order valence-corrected chi connectivity index (χ0v) is 11.1. The highest BCUT2D eigenvalue weighted by Gasteiger charge is 2.45. The first kappa shape index (κ1) is 14.3. The maximum Gasteiger partial charge on any atom is 0.329 e. The molecule has 6 heteroatoms. The van der Waals surface area contributed by atoms with Crippen LogP contribution in [0.4, 0.5) is 4.39 Å². The minimum Gasteiger partial charge on any atom is -0.484 e. The number of aliphatic carboxylic acids is 1. The van der Waals surface area contributed by atoms with E-state index in [2.05, 4.69) is 0 Å². The third-order valence-electron chi connectivity index (χ3n) is 3.56. The second kappa shape index (κ2) is 5.48. The molecule has 1 N–H and O–H groups in total. The number of hydrogen-bond donors (Lipinski definition) is 1. The van der Waals surface area contributed by atoms with Gasteiger partial charge in [0.2, 0.25) is 0 Å². The molecule has 0 aromatic heterocycles. The van der Waals surface area contributed by atoms with Crippen molar-refractivity contribution >= 4 is 11.9 Å². The number of halogens is 1. The Morgan fingerprint density at radius 3 is 2.90 bits per heavy atom. The van der Waals surface area contributed by atoms with Crippen molar-refractivity contribution in [3.8, 4) is 5.75 Å². The molecule has 1 atom stereocenters. The average molecular weight is 281 g/mol. The molecule has 1 fully saturated rings. The van der Waals surface area contributed by atoms with Crippen molar-refractivity contribution in [2.45, 2.75) is 25.3 Å². The minimum absolute atomic E-state index is 0.245. The van der Waals surface area contributed by atoms with E-state index in [1.165, 1.54) is 36.1 Å². The van der Waals surface area contributed by atoms with Gasteiger partial charge in [0.25, 0.3) is 5.91 Å². The lowest BCUT2D eigenvalue weighted by Gasteiger charge is -2.31. The van der Waals surface area contributed by atoms with Crippen molar-refractivity contribution < 1.29 is 23.8 Å². The smallest absolute Gasteiger partial charge is 0.329 e. The van der Waals surface area contributed by atoms with E-state index >= 15 is 0 Å². The van der Waals surface area contributed by atoms with Gasteiger partial charge < -0.3 is 14.7 Å². The molecule has 20 heavy (non-hydrogen) atoms. The van der Waals surface area contributed by atoms with Gasteiger partial charge in [-0.2, -0.15) is 0 Å². The molecule has 0 radical (unpaired) electrons. The molecule has 1 heterocycles. The maximum absolute atomic E-state index is 13.0. The fraction of sp³-hybridized carbons (Fsp3) is 0.429. The zero-order valence-electron chi connectivity index (χ0n) is 11.1. The zero-order chi connectivity index (χ0) is 14.8. The van der Waals surface area contributed by atoms with Gasteiger partial charge in [0.05, 0.1) is 0 Å². The summed E-state index contributed by atoms with van der Waals surface area (Å²) in [5.74, 6) is -1.63. The van der Waals surface area contributed by atoms with Gasteiger partial charge >= 0.3 is 5.97 Å². The Balaban J connectivity index is 2.00. The second-order valence-corrected chi connectivity index (χ2v) is 4.97. The fourth-order valence-corrected chi connectivity index (χ4v) is 2.37. The number of hydrogen-bond acceptors (Lipinski definition) is 3. The first-order valence-electron chi connectivity index (χ1n) is 6.36. The van der Waals surface area contributed by atoms with Crippen LogP contribution in [-0.4, -0.2) is 40.6 Å². The van der Waals surface area contributed by atoms with Crippen LogP contribution in [0.2, 0.25) is 0 Å². The summed E-state index contributed by atoms with van der Waals surface area (Å²) >= 11 is 0. The molecule has 5 nitrogen and oxygen atoms in total. The molecule has 0 aliphatic carbocycles. The fourth-order valence-electron chi connectivity index (χ4n) is 2.37. The number of amides is 1. The summed E-state index contributed by atoms with van der Waals surface area (Å²) in [6.45, 7) is 1.63. The Morgan fingerprint density at radius 2 is 2.25 bits per heavy atom. The number of carbonyl (C=O) groups excluding carboxylic acids is 1. The quantitative estimate of drug-likeness (QED) is 0.911. The topological polar surface area (TPSA) is 66.8 Å². The number of carboxylic acids is 1. The van der Waals surface area contributed by atoms with E-state index in [-0.39, 0.29) is 12.4 Å². The van der Waals surface area contributed by atoms with Crippen molar-refractivity contribution in [1.82, 2.24) is 4.90 Å². The molecule has 1 unspecified atom stereocenters. The molecule has 108 valence electrons. The Hall–Kier alpha value is -2.11. The SMILES string of the molecule is CC1(C(=O)O)CCCN1C(=O)COc1cccc(F)c1. The summed E-state index contributed by atoms with van der Waals surface area (Å²) < 4.78 is 18.2. The monoisotopic (exact) mass is 281 g/mol. The van der Waals surface area contributed by atoms with Gasteiger partial charge in [0, 0.05) is 12.6 Å². The first-order chi connectivity index (χ1) is 9.43. The van der Waals surface area contributed by atoms with Gasteiger partial charge in [-0.1, -0.05) is 6.07 Å². The Kier molecular flexibility index (Phi) is 3.92. The number of rotatable bonds is 4. The number of carboxylic acid groups (broad SMARTS) is 1. The van der Waals surface area contributed by atoms with E-state index in [9.17, 15) is 19.1 Å². The summed E-state index contributed by atoms with van der Waals surface area (Å²) in [5, 5.41) is 9.23. The van der Waals surface area contributed by atoms with Crippen molar-refractivity contribution in [1.29, 1.82) is 0 Å². The van der Waals surface area contributed by atoms with Crippen LogP contribution in [0, 0.1) is 5.82 Å². The largest absolute Gasteiger partial charge is 0.484 e. The average Bonchev–Trinajstić information content (AvgIpc) is 2.80. The highest BCUT2D eigenvalue weighted by atomic mass is 19.1. The van der Waals surface area contributed by atoms with Gasteiger partial charge in [-0.15, -0.1) is 0 Å². The van der Waals surface area contributed by atoms with E-state index in [0.717, 1.165) is 0 Å². The van der Waals surface area contributed by atoms with Crippen LogP contribution in [0.3, 0.4) is 0 Å². The molecular weight excluding hydrogens is 265 g/mol. The predicted molar refractivity (Wildman–Crippen MR) is 68.9 cm³/mol. The lowest BCUT2D eigenvalue weighted by molar-refractivity contribution is -0.156. The van der Waals surface area contributed by atoms with Crippen molar-refractivity contribution in [3.63, 3.8) is 0 Å². The molecule has 0 spiro atoms. The van der Waals surface area contributed by atoms with Crippen LogP contribution < -0.4 is 4.74 Å². The van der Waals surface area contributed by atoms with Gasteiger partial charge in [-0.25, -0.2) is 9.18 Å². The predicted octanol–water partition coefficient (Wildman–Crippen LogP) is 1.67. The lowest BCUT2D eigenvalue weighted by Crippen LogP contribution is -2.52. The number of benzene rings is 1. The Morgan fingerprint density at radius 1 is 1.50 bits per heavy atom. The van der Waals surface area contributed by atoms with Gasteiger partial charge in [-0.3, -0.25) is 4.79 Å². The third kappa shape index (κ3) is 2.74. The molecule has 0 bridgehead atoms. The van der Waals surface area contributed by atoms with Crippen LogP contribution in [0.5, 0.6) is 5.75 Å². The van der Waals surface area contributed by atoms with Crippen molar-refractivity contribution in [3.05, 3.63) is 30.1 Å². The van der Waals surface area contributed by atoms with E-state index in [4.69, 9.17) is 4.74 Å². The molecule has 1 saturated heterocycles. The summed E-state index contributed by atoms with van der Waals surface area (Å²) in [6.07, 6.45) is 1.07. The standard InChI is InChI=1S/C14H16FNO4/c1-14(13(18)19)6-3-7-16(14)12(17)9-20-11-5-2-4-10(15)8-11/h2,4-5,8H,3,6-7,9H2,1H3,(H,18,19). The maximum atomic E-state index is 13.0. The van der Waals surface area contributed by atoms with Crippen molar-refractivity contribution in [2.24, 2.45) is 0 Å². The number of likely N-dealkylation sites (tertiary alicyclic amines) is 1. The van der Waals surface area contributed by atoms with Crippen LogP contribution in [0.15, 0.2) is 24.3 Å². The molecule has 0 saturated carbocycles. The Labute approximate surface area is 116 Å². The normalized spacial score (nSPS) is 21.8. The highest BCUT2D eigenvalue weighted by Crippen LogP contribution is 2.29. The van der Waals surface area contributed by atoms with Crippen LogP contribution in [-0.2, 0) is 9.59 Å². The van der Waals surface area contributed by atoms with E-state index in [1.807, 2.05) is 0 Å². The summed E-state index contributed by atoms with van der Waals surface area (Å²) in [4.78, 5) is 24.7. The lowest BCUT2D eigenvalue weighted by atomic mass is 9.99. The molecule has 1 amide bonds. The molecule has 1 aromatic rings. The van der Waals surface area contributed by atoms with E-state index in [0.29, 0.717) is 19.4 Å². The van der Waals surface area contributed by atoms with E-state index < -0.39 is 23.2 Å². The van der Waals surface area contributed by atoms with Crippen molar-refractivity contribution in [2.75, 3.05) is 13.2 Å². The number of carbonyl (C=O) groups is 2. The summed E-state index contributed by atoms with van der Waals surface area (Å²) in [7, 11) is 0.